The Bertz CT molecular complexity index is 91.6. The van der Waals surface area contributed by atoms with Crippen molar-refractivity contribution >= 4 is 34.2 Å². The third-order valence-electron chi connectivity index (χ3n) is 1.51. The van der Waals surface area contributed by atoms with E-state index >= 15 is 0 Å². The molecule has 66 valence electrons. The molecule has 0 aliphatic rings. The zero-order valence-electron chi connectivity index (χ0n) is 6.86. The van der Waals surface area contributed by atoms with E-state index in [2.05, 4.69) is 34.7 Å². The van der Waals surface area contributed by atoms with Gasteiger partial charge in [0.15, 0.2) is 0 Å². The SMILES string of the molecule is ClCCCCCCC=CCI. The second-order valence-corrected chi connectivity index (χ2v) is 3.78. The van der Waals surface area contributed by atoms with E-state index in [1.165, 1.54) is 32.1 Å². The Labute approximate surface area is 88.5 Å². The predicted molar refractivity (Wildman–Crippen MR) is 61.8 cm³/mol. The van der Waals surface area contributed by atoms with E-state index in [0.717, 1.165) is 10.3 Å². The van der Waals surface area contributed by atoms with Crippen molar-refractivity contribution in [1.29, 1.82) is 0 Å². The Kier molecular flexibility index (Phi) is 11.5. The topological polar surface area (TPSA) is 0 Å². The molecule has 0 aromatic rings. The highest BCUT2D eigenvalue weighted by molar-refractivity contribution is 14.1. The van der Waals surface area contributed by atoms with Gasteiger partial charge in [-0.05, 0) is 19.3 Å². The average Bonchev–Trinajstić information content (AvgIpc) is 2.03. The molecule has 0 bridgehead atoms. The van der Waals surface area contributed by atoms with Gasteiger partial charge in [-0.15, -0.1) is 11.6 Å². The second kappa shape index (κ2) is 10.8. The summed E-state index contributed by atoms with van der Waals surface area (Å²) < 4.78 is 1.14. The van der Waals surface area contributed by atoms with Gasteiger partial charge >= 0.3 is 0 Å². The van der Waals surface area contributed by atoms with Gasteiger partial charge in [0, 0.05) is 10.3 Å². The molecule has 2 heteroatoms. The number of unbranched alkanes of at least 4 members (excludes halogenated alkanes) is 4. The monoisotopic (exact) mass is 286 g/mol. The van der Waals surface area contributed by atoms with Crippen molar-refractivity contribution in [2.75, 3.05) is 10.3 Å². The number of hydrogen-bond donors (Lipinski definition) is 0. The summed E-state index contributed by atoms with van der Waals surface area (Å²) in [6.07, 6.45) is 10.9. The van der Waals surface area contributed by atoms with Gasteiger partial charge < -0.3 is 0 Å². The normalized spacial score (nSPS) is 11.1. The summed E-state index contributed by atoms with van der Waals surface area (Å²) in [5.74, 6) is 0.823. The van der Waals surface area contributed by atoms with Crippen LogP contribution in [0.25, 0.3) is 0 Å². The van der Waals surface area contributed by atoms with Gasteiger partial charge in [0.1, 0.15) is 0 Å². The molecule has 0 atom stereocenters. The molecule has 0 aromatic heterocycles. The van der Waals surface area contributed by atoms with Gasteiger partial charge in [-0.1, -0.05) is 47.6 Å². The van der Waals surface area contributed by atoms with E-state index in [-0.39, 0.29) is 0 Å². The quantitative estimate of drug-likeness (QED) is 0.285. The van der Waals surface area contributed by atoms with Crippen LogP contribution in [0.4, 0.5) is 0 Å². The third kappa shape index (κ3) is 10.8. The smallest absolute Gasteiger partial charge is 0.0223 e. The first kappa shape index (κ1) is 11.8. The van der Waals surface area contributed by atoms with Crippen LogP contribution in [-0.2, 0) is 0 Å². The fourth-order valence-corrected chi connectivity index (χ4v) is 1.44. The molecule has 0 saturated heterocycles. The first-order valence-electron chi connectivity index (χ1n) is 4.18. The summed E-state index contributed by atoms with van der Waals surface area (Å²) >= 11 is 7.91. The van der Waals surface area contributed by atoms with Crippen LogP contribution in [0.1, 0.15) is 32.1 Å². The van der Waals surface area contributed by atoms with Crippen LogP contribution in [0.2, 0.25) is 0 Å². The van der Waals surface area contributed by atoms with Gasteiger partial charge in [0.2, 0.25) is 0 Å². The van der Waals surface area contributed by atoms with Gasteiger partial charge in [-0.25, -0.2) is 0 Å². The molecule has 0 unspecified atom stereocenters. The lowest BCUT2D eigenvalue weighted by Gasteiger charge is -1.94. The molecule has 0 N–H and O–H groups in total. The summed E-state index contributed by atoms with van der Waals surface area (Å²) in [6.45, 7) is 0. The van der Waals surface area contributed by atoms with Crippen molar-refractivity contribution in [2.45, 2.75) is 32.1 Å². The zero-order valence-corrected chi connectivity index (χ0v) is 9.77. The van der Waals surface area contributed by atoms with Crippen LogP contribution < -0.4 is 0 Å². The summed E-state index contributed by atoms with van der Waals surface area (Å²) in [5.41, 5.74) is 0. The number of halogens is 2. The molecular weight excluding hydrogens is 270 g/mol. The highest BCUT2D eigenvalue weighted by Gasteiger charge is 1.86. The van der Waals surface area contributed by atoms with E-state index in [1.54, 1.807) is 0 Å². The van der Waals surface area contributed by atoms with Gasteiger partial charge in [0.05, 0.1) is 0 Å². The van der Waals surface area contributed by atoms with E-state index in [4.69, 9.17) is 11.6 Å². The molecule has 0 spiro atoms. The van der Waals surface area contributed by atoms with Crippen LogP contribution in [-0.4, -0.2) is 10.3 Å². The first-order valence-corrected chi connectivity index (χ1v) is 6.24. The second-order valence-electron chi connectivity index (χ2n) is 2.52. The van der Waals surface area contributed by atoms with Crippen LogP contribution in [0, 0.1) is 0 Å². The lowest BCUT2D eigenvalue weighted by Crippen LogP contribution is -1.77. The third-order valence-corrected chi connectivity index (χ3v) is 2.29. The lowest BCUT2D eigenvalue weighted by molar-refractivity contribution is 0.677. The van der Waals surface area contributed by atoms with Crippen molar-refractivity contribution in [3.8, 4) is 0 Å². The fourth-order valence-electron chi connectivity index (χ4n) is 0.891. The van der Waals surface area contributed by atoms with E-state index in [0.29, 0.717) is 0 Å². The predicted octanol–water partition coefficient (Wildman–Crippen LogP) is 4.17. The molecule has 0 aromatic carbocycles. The number of rotatable bonds is 7. The molecule has 0 heterocycles. The van der Waals surface area contributed by atoms with E-state index in [9.17, 15) is 0 Å². The van der Waals surface area contributed by atoms with E-state index < -0.39 is 0 Å². The Morgan fingerprint density at radius 1 is 1.00 bits per heavy atom. The van der Waals surface area contributed by atoms with Crippen molar-refractivity contribution < 1.29 is 0 Å². The van der Waals surface area contributed by atoms with Crippen LogP contribution in [0.5, 0.6) is 0 Å². The Balaban J connectivity index is 2.85. The molecule has 0 aliphatic carbocycles. The molecule has 11 heavy (non-hydrogen) atoms. The molecule has 0 aliphatic heterocycles. The Morgan fingerprint density at radius 3 is 2.36 bits per heavy atom. The fraction of sp³-hybridized carbons (Fsp3) is 0.778. The molecule has 0 nitrogen and oxygen atoms in total. The van der Waals surface area contributed by atoms with E-state index in [1.807, 2.05) is 0 Å². The average molecular weight is 287 g/mol. The van der Waals surface area contributed by atoms with Crippen molar-refractivity contribution in [3.05, 3.63) is 12.2 Å². The highest BCUT2D eigenvalue weighted by atomic mass is 127. The minimum absolute atomic E-state index is 0.823. The highest BCUT2D eigenvalue weighted by Crippen LogP contribution is 2.04. The minimum atomic E-state index is 0.823. The van der Waals surface area contributed by atoms with Crippen LogP contribution in [0.15, 0.2) is 12.2 Å². The Morgan fingerprint density at radius 2 is 1.73 bits per heavy atom. The lowest BCUT2D eigenvalue weighted by atomic mass is 10.1. The van der Waals surface area contributed by atoms with Gasteiger partial charge in [-0.3, -0.25) is 0 Å². The number of alkyl halides is 2. The maximum Gasteiger partial charge on any atom is 0.0223 e. The zero-order chi connectivity index (χ0) is 8.36. The summed E-state index contributed by atoms with van der Waals surface area (Å²) in [6, 6.07) is 0. The first-order chi connectivity index (χ1) is 5.41. The summed E-state index contributed by atoms with van der Waals surface area (Å²) in [4.78, 5) is 0. The Hall–Kier alpha value is 0.760. The van der Waals surface area contributed by atoms with Crippen molar-refractivity contribution in [2.24, 2.45) is 0 Å². The molecular formula is C9H16ClI. The number of allylic oxidation sites excluding steroid dienone is 2. The molecule has 0 fully saturated rings. The standard InChI is InChI=1S/C9H16ClI/c10-8-6-4-2-1-3-5-7-9-11/h5,7H,1-4,6,8-9H2. The molecule has 0 rings (SSSR count). The molecule has 0 amide bonds. The maximum absolute atomic E-state index is 5.55. The summed E-state index contributed by atoms with van der Waals surface area (Å²) in [5, 5.41) is 0. The van der Waals surface area contributed by atoms with Crippen LogP contribution in [0.3, 0.4) is 0 Å². The minimum Gasteiger partial charge on any atom is -0.127 e. The number of hydrogen-bond acceptors (Lipinski definition) is 0. The summed E-state index contributed by atoms with van der Waals surface area (Å²) in [7, 11) is 0. The van der Waals surface area contributed by atoms with Crippen molar-refractivity contribution in [1.82, 2.24) is 0 Å². The largest absolute Gasteiger partial charge is 0.127 e. The van der Waals surface area contributed by atoms with Crippen molar-refractivity contribution in [3.63, 3.8) is 0 Å². The molecule has 0 radical (unpaired) electrons. The van der Waals surface area contributed by atoms with Crippen LogP contribution >= 0.6 is 34.2 Å². The van der Waals surface area contributed by atoms with Gasteiger partial charge in [-0.2, -0.15) is 0 Å². The van der Waals surface area contributed by atoms with Gasteiger partial charge in [0.25, 0.3) is 0 Å². The maximum atomic E-state index is 5.55. The molecule has 0 saturated carbocycles.